The summed E-state index contributed by atoms with van der Waals surface area (Å²) in [5.41, 5.74) is 0.755. The monoisotopic (exact) mass is 352 g/mol. The van der Waals surface area contributed by atoms with Gasteiger partial charge in [0.25, 0.3) is 0 Å². The first-order valence-corrected chi connectivity index (χ1v) is 7.68. The topological polar surface area (TPSA) is 118 Å². The Morgan fingerprint density at radius 2 is 1.84 bits per heavy atom. The van der Waals surface area contributed by atoms with E-state index in [2.05, 4.69) is 6.58 Å². The van der Waals surface area contributed by atoms with Gasteiger partial charge < -0.3 is 39.4 Å². The number of aliphatic hydroxyl groups is 4. The van der Waals surface area contributed by atoms with Gasteiger partial charge in [0, 0.05) is 11.6 Å². The molecule has 5 unspecified atom stereocenters. The number of hydrogen-bond donors (Lipinski definition) is 4. The summed E-state index contributed by atoms with van der Waals surface area (Å²) in [7, 11) is 1.45. The standard InChI is InChI=1S/C17H20O8/c1-8-3-4-9-5-11(22-2)12(6-10(9)23-8)24-17-16(21)15(20)14(19)13(7-18)25-17/h3-6,13-21H,1,7H2,2H3. The number of methoxy groups -OCH3 is 1. The SMILES string of the molecule is C=C1C=Cc2cc(OC)c(OC3OC(CO)C(O)C(O)C3O)cc2O1. The predicted octanol–water partition coefficient (Wildman–Crippen LogP) is -0.207. The molecule has 0 aliphatic carbocycles. The fourth-order valence-electron chi connectivity index (χ4n) is 2.68. The van der Waals surface area contributed by atoms with Crippen molar-refractivity contribution in [3.8, 4) is 17.2 Å². The number of fused-ring (bicyclic) bond motifs is 1. The van der Waals surface area contributed by atoms with Gasteiger partial charge in [-0.2, -0.15) is 0 Å². The second-order valence-corrected chi connectivity index (χ2v) is 5.76. The second kappa shape index (κ2) is 7.03. The lowest BCUT2D eigenvalue weighted by Gasteiger charge is -2.39. The molecule has 2 aliphatic heterocycles. The van der Waals surface area contributed by atoms with Crippen molar-refractivity contribution >= 4 is 6.08 Å². The van der Waals surface area contributed by atoms with E-state index in [1.165, 1.54) is 7.11 Å². The zero-order valence-corrected chi connectivity index (χ0v) is 13.5. The average molecular weight is 352 g/mol. The van der Waals surface area contributed by atoms with Crippen molar-refractivity contribution in [2.45, 2.75) is 30.7 Å². The number of ether oxygens (including phenoxy) is 4. The van der Waals surface area contributed by atoms with Crippen LogP contribution < -0.4 is 14.2 Å². The van der Waals surface area contributed by atoms with Crippen LogP contribution in [0.3, 0.4) is 0 Å². The van der Waals surface area contributed by atoms with Gasteiger partial charge in [-0.25, -0.2) is 0 Å². The highest BCUT2D eigenvalue weighted by Gasteiger charge is 2.45. The summed E-state index contributed by atoms with van der Waals surface area (Å²) in [6, 6.07) is 3.22. The molecule has 1 aromatic rings. The summed E-state index contributed by atoms with van der Waals surface area (Å²) in [5, 5.41) is 39.0. The van der Waals surface area contributed by atoms with Crippen LogP contribution in [0.1, 0.15) is 5.56 Å². The summed E-state index contributed by atoms with van der Waals surface area (Å²) in [4.78, 5) is 0. The molecule has 0 bridgehead atoms. The highest BCUT2D eigenvalue weighted by molar-refractivity contribution is 5.67. The summed E-state index contributed by atoms with van der Waals surface area (Å²) >= 11 is 0. The number of rotatable bonds is 4. The van der Waals surface area contributed by atoms with Gasteiger partial charge in [-0.15, -0.1) is 0 Å². The Morgan fingerprint density at radius 3 is 2.52 bits per heavy atom. The van der Waals surface area contributed by atoms with E-state index in [1.807, 2.05) is 0 Å². The highest BCUT2D eigenvalue weighted by atomic mass is 16.7. The van der Waals surface area contributed by atoms with Crippen LogP contribution in [0.25, 0.3) is 6.08 Å². The average Bonchev–Trinajstić information content (AvgIpc) is 2.61. The Labute approximate surface area is 144 Å². The third-order valence-corrected chi connectivity index (χ3v) is 4.08. The minimum Gasteiger partial charge on any atom is -0.493 e. The maximum atomic E-state index is 10.1. The van der Waals surface area contributed by atoms with Crippen molar-refractivity contribution in [2.75, 3.05) is 13.7 Å². The lowest BCUT2D eigenvalue weighted by Crippen LogP contribution is -2.60. The van der Waals surface area contributed by atoms with E-state index in [-0.39, 0.29) is 5.75 Å². The molecule has 8 heteroatoms. The van der Waals surface area contributed by atoms with Crippen LogP contribution in [-0.4, -0.2) is 64.8 Å². The maximum absolute atomic E-state index is 10.1. The van der Waals surface area contributed by atoms with E-state index in [0.29, 0.717) is 17.3 Å². The molecule has 2 heterocycles. The molecule has 1 saturated heterocycles. The van der Waals surface area contributed by atoms with Crippen LogP contribution in [0.2, 0.25) is 0 Å². The van der Waals surface area contributed by atoms with E-state index in [0.717, 1.165) is 5.56 Å². The first-order valence-electron chi connectivity index (χ1n) is 7.68. The minimum atomic E-state index is -1.53. The molecule has 0 spiro atoms. The zero-order valence-electron chi connectivity index (χ0n) is 13.5. The number of aliphatic hydroxyl groups excluding tert-OH is 4. The highest BCUT2D eigenvalue weighted by Crippen LogP contribution is 2.39. The molecule has 2 aliphatic rings. The molecule has 1 aromatic carbocycles. The van der Waals surface area contributed by atoms with E-state index < -0.39 is 37.3 Å². The molecule has 0 amide bonds. The van der Waals surface area contributed by atoms with E-state index in [4.69, 9.17) is 18.9 Å². The molecule has 0 radical (unpaired) electrons. The Hall–Kier alpha value is -2.10. The van der Waals surface area contributed by atoms with Crippen LogP contribution in [0.4, 0.5) is 0 Å². The number of benzene rings is 1. The van der Waals surface area contributed by atoms with Gasteiger partial charge in [-0.3, -0.25) is 0 Å². The van der Waals surface area contributed by atoms with Gasteiger partial charge in [0.2, 0.25) is 6.29 Å². The predicted molar refractivity (Wildman–Crippen MR) is 86.2 cm³/mol. The largest absolute Gasteiger partial charge is 0.493 e. The number of hydrogen-bond acceptors (Lipinski definition) is 8. The zero-order chi connectivity index (χ0) is 18.1. The van der Waals surface area contributed by atoms with Crippen LogP contribution in [0.5, 0.6) is 17.2 Å². The normalized spacial score (nSPS) is 31.2. The van der Waals surface area contributed by atoms with Crippen molar-refractivity contribution in [2.24, 2.45) is 0 Å². The fraction of sp³-hybridized carbons (Fsp3) is 0.412. The van der Waals surface area contributed by atoms with Gasteiger partial charge in [-0.05, 0) is 18.2 Å². The summed E-state index contributed by atoms with van der Waals surface area (Å²) in [6.07, 6.45) is -3.37. The molecule has 25 heavy (non-hydrogen) atoms. The van der Waals surface area contributed by atoms with E-state index in [9.17, 15) is 20.4 Å². The van der Waals surface area contributed by atoms with Crippen molar-refractivity contribution in [1.29, 1.82) is 0 Å². The molecule has 0 saturated carbocycles. The molecular weight excluding hydrogens is 332 g/mol. The lowest BCUT2D eigenvalue weighted by atomic mass is 9.99. The van der Waals surface area contributed by atoms with Crippen LogP contribution >= 0.6 is 0 Å². The quantitative estimate of drug-likeness (QED) is 0.588. The molecule has 0 aromatic heterocycles. The molecule has 3 rings (SSSR count). The lowest BCUT2D eigenvalue weighted by molar-refractivity contribution is -0.277. The smallest absolute Gasteiger partial charge is 0.229 e. The van der Waals surface area contributed by atoms with Crippen LogP contribution in [0, 0.1) is 0 Å². The number of allylic oxidation sites excluding steroid dienone is 1. The molecule has 8 nitrogen and oxygen atoms in total. The Balaban J connectivity index is 1.88. The van der Waals surface area contributed by atoms with Gasteiger partial charge in [0.05, 0.1) is 13.7 Å². The minimum absolute atomic E-state index is 0.202. The van der Waals surface area contributed by atoms with Gasteiger partial charge in [-0.1, -0.05) is 6.58 Å². The molecular formula is C17H20O8. The first kappa shape index (κ1) is 17.7. The van der Waals surface area contributed by atoms with Gasteiger partial charge >= 0.3 is 0 Å². The molecule has 136 valence electrons. The first-order chi connectivity index (χ1) is 11.9. The van der Waals surface area contributed by atoms with Crippen molar-refractivity contribution < 1.29 is 39.4 Å². The second-order valence-electron chi connectivity index (χ2n) is 5.76. The van der Waals surface area contributed by atoms with E-state index >= 15 is 0 Å². The Bertz CT molecular complexity index is 683. The van der Waals surface area contributed by atoms with Crippen LogP contribution in [0.15, 0.2) is 30.5 Å². The van der Waals surface area contributed by atoms with Gasteiger partial charge in [0.1, 0.15) is 35.9 Å². The summed E-state index contributed by atoms with van der Waals surface area (Å²) < 4.78 is 21.8. The van der Waals surface area contributed by atoms with Crippen molar-refractivity contribution in [3.05, 3.63) is 36.1 Å². The van der Waals surface area contributed by atoms with Crippen LogP contribution in [-0.2, 0) is 4.74 Å². The third kappa shape index (κ3) is 3.35. The molecule has 1 fully saturated rings. The molecule has 5 atom stereocenters. The van der Waals surface area contributed by atoms with Gasteiger partial charge in [0.15, 0.2) is 11.5 Å². The Kier molecular flexibility index (Phi) is 4.98. The third-order valence-electron chi connectivity index (χ3n) is 4.08. The summed E-state index contributed by atoms with van der Waals surface area (Å²) in [6.45, 7) is 3.18. The fourth-order valence-corrected chi connectivity index (χ4v) is 2.68. The Morgan fingerprint density at radius 1 is 1.08 bits per heavy atom. The maximum Gasteiger partial charge on any atom is 0.229 e. The summed E-state index contributed by atoms with van der Waals surface area (Å²) in [5.74, 6) is 1.49. The van der Waals surface area contributed by atoms with Crippen molar-refractivity contribution in [1.82, 2.24) is 0 Å². The van der Waals surface area contributed by atoms with Crippen molar-refractivity contribution in [3.63, 3.8) is 0 Å². The van der Waals surface area contributed by atoms with E-state index in [1.54, 1.807) is 24.3 Å². The molecule has 4 N–H and O–H groups in total.